The fraction of sp³-hybridized carbons (Fsp3) is 0.409. The summed E-state index contributed by atoms with van der Waals surface area (Å²) in [5, 5.41) is 11.3. The highest BCUT2D eigenvalue weighted by molar-refractivity contribution is 5.57. The summed E-state index contributed by atoms with van der Waals surface area (Å²) in [6, 6.07) is 16.3. The lowest BCUT2D eigenvalue weighted by atomic mass is 9.92. The molecule has 0 radical (unpaired) electrons. The zero-order valence-corrected chi connectivity index (χ0v) is 15.5. The molecule has 3 atom stereocenters. The van der Waals surface area contributed by atoms with Crippen molar-refractivity contribution >= 4 is 5.69 Å². The number of hydrogen-bond acceptors (Lipinski definition) is 2. The van der Waals surface area contributed by atoms with Crippen molar-refractivity contribution < 1.29 is 5.11 Å². The molecule has 1 heterocycles. The van der Waals surface area contributed by atoms with Gasteiger partial charge in [0, 0.05) is 11.6 Å². The third-order valence-electron chi connectivity index (χ3n) is 5.65. The van der Waals surface area contributed by atoms with Crippen molar-refractivity contribution in [1.82, 2.24) is 0 Å². The van der Waals surface area contributed by atoms with Crippen LogP contribution in [0.2, 0.25) is 0 Å². The van der Waals surface area contributed by atoms with Gasteiger partial charge in [0.1, 0.15) is 5.72 Å². The van der Waals surface area contributed by atoms with Crippen LogP contribution in [0.1, 0.15) is 43.9 Å². The largest absolute Gasteiger partial charge is 0.371 e. The minimum Gasteiger partial charge on any atom is -0.371 e. The highest BCUT2D eigenvalue weighted by Gasteiger charge is 2.62. The summed E-state index contributed by atoms with van der Waals surface area (Å²) < 4.78 is 0. The Bertz CT molecular complexity index is 786. The van der Waals surface area contributed by atoms with Gasteiger partial charge in [-0.25, -0.2) is 6.57 Å². The molecule has 3 heteroatoms. The lowest BCUT2D eigenvalue weighted by Crippen LogP contribution is -2.51. The van der Waals surface area contributed by atoms with E-state index in [9.17, 15) is 5.11 Å². The number of nitrogens with zero attached hydrogens (tertiary/aromatic N) is 2. The van der Waals surface area contributed by atoms with Gasteiger partial charge in [-0.2, -0.15) is 0 Å². The van der Waals surface area contributed by atoms with Crippen molar-refractivity contribution in [2.75, 3.05) is 4.90 Å². The number of anilines is 1. The van der Waals surface area contributed by atoms with Gasteiger partial charge < -0.3 is 5.11 Å². The Labute approximate surface area is 150 Å². The van der Waals surface area contributed by atoms with E-state index in [1.807, 2.05) is 62.1 Å². The van der Waals surface area contributed by atoms with Crippen LogP contribution in [0.4, 0.5) is 5.69 Å². The Morgan fingerprint density at radius 1 is 1.16 bits per heavy atom. The van der Waals surface area contributed by atoms with Gasteiger partial charge in [-0.3, -0.25) is 9.74 Å². The third-order valence-corrected chi connectivity index (χ3v) is 5.65. The van der Waals surface area contributed by atoms with Gasteiger partial charge in [0.05, 0.1) is 12.0 Å². The molecule has 0 amide bonds. The Kier molecular flexibility index (Phi) is 4.34. The van der Waals surface area contributed by atoms with E-state index in [1.165, 1.54) is 5.56 Å². The molecule has 25 heavy (non-hydrogen) atoms. The third kappa shape index (κ3) is 2.71. The first-order chi connectivity index (χ1) is 11.8. The van der Waals surface area contributed by atoms with Gasteiger partial charge in [0.2, 0.25) is 0 Å². The van der Waals surface area contributed by atoms with Gasteiger partial charge in [-0.05, 0) is 50.1 Å². The summed E-state index contributed by atoms with van der Waals surface area (Å²) >= 11 is 0. The fourth-order valence-corrected chi connectivity index (χ4v) is 3.89. The van der Waals surface area contributed by atoms with Crippen molar-refractivity contribution in [3.63, 3.8) is 0 Å². The number of aryl methyl sites for hydroxylation is 2. The van der Waals surface area contributed by atoms with Crippen LogP contribution in [0.15, 0.2) is 48.5 Å². The summed E-state index contributed by atoms with van der Waals surface area (Å²) in [5.74, 6) is -0.0197. The minimum absolute atomic E-state index is 0.0197. The van der Waals surface area contributed by atoms with Gasteiger partial charge in [0.25, 0.3) is 0 Å². The predicted octanol–water partition coefficient (Wildman–Crippen LogP) is 4.88. The van der Waals surface area contributed by atoms with Crippen LogP contribution in [0.3, 0.4) is 0 Å². The van der Waals surface area contributed by atoms with Crippen LogP contribution in [-0.2, 0) is 12.1 Å². The molecule has 130 valence electrons. The predicted molar refractivity (Wildman–Crippen MR) is 102 cm³/mol. The van der Waals surface area contributed by atoms with Gasteiger partial charge in [0.15, 0.2) is 0 Å². The first-order valence-electron chi connectivity index (χ1n) is 8.92. The second-order valence-corrected chi connectivity index (χ2v) is 7.35. The fourth-order valence-electron chi connectivity index (χ4n) is 3.89. The Morgan fingerprint density at radius 2 is 1.76 bits per heavy atom. The van der Waals surface area contributed by atoms with Crippen molar-refractivity contribution in [1.29, 1.82) is 0 Å². The summed E-state index contributed by atoms with van der Waals surface area (Å²) in [4.78, 5) is 6.00. The highest BCUT2D eigenvalue weighted by Crippen LogP contribution is 2.52. The average molecular weight is 334 g/mol. The van der Waals surface area contributed by atoms with Crippen LogP contribution < -0.4 is 4.90 Å². The van der Waals surface area contributed by atoms with E-state index in [4.69, 9.17) is 6.57 Å². The standard InChI is InChI=1S/C22H26N2O/c1-6-18-9-11-19(12-10-18)22(23-5)15-17(3)21(4,25)24(22)20-13-7-16(2)8-14-20/h7-14,17,25H,6,15H2,1-4H3. The number of aliphatic hydroxyl groups is 1. The van der Waals surface area contributed by atoms with Gasteiger partial charge >= 0.3 is 5.66 Å². The molecular weight excluding hydrogens is 308 g/mol. The molecule has 3 nitrogen and oxygen atoms in total. The number of hydrogen-bond donors (Lipinski definition) is 1. The summed E-state index contributed by atoms with van der Waals surface area (Å²) in [6.45, 7) is 16.1. The Balaban J connectivity index is 2.18. The highest BCUT2D eigenvalue weighted by atomic mass is 16.3. The molecule has 0 bridgehead atoms. The zero-order valence-electron chi connectivity index (χ0n) is 15.5. The molecule has 1 N–H and O–H groups in total. The van der Waals surface area contributed by atoms with E-state index in [2.05, 4.69) is 23.9 Å². The molecule has 1 saturated heterocycles. The molecule has 3 unspecified atom stereocenters. The molecule has 0 spiro atoms. The second kappa shape index (κ2) is 6.20. The minimum atomic E-state index is -1.08. The molecule has 1 aliphatic heterocycles. The molecule has 0 aromatic heterocycles. The van der Waals surface area contributed by atoms with Crippen molar-refractivity contribution in [2.24, 2.45) is 5.92 Å². The zero-order chi connectivity index (χ0) is 18.2. The molecule has 2 aromatic rings. The van der Waals surface area contributed by atoms with Crippen molar-refractivity contribution in [3.8, 4) is 0 Å². The maximum Gasteiger partial charge on any atom is 0.336 e. The maximum absolute atomic E-state index is 11.3. The monoisotopic (exact) mass is 334 g/mol. The van der Waals surface area contributed by atoms with Crippen LogP contribution in [0.5, 0.6) is 0 Å². The maximum atomic E-state index is 11.3. The Morgan fingerprint density at radius 3 is 2.28 bits per heavy atom. The lowest BCUT2D eigenvalue weighted by Gasteiger charge is -2.38. The average Bonchev–Trinajstić information content (AvgIpc) is 2.83. The van der Waals surface area contributed by atoms with E-state index < -0.39 is 11.4 Å². The van der Waals surface area contributed by atoms with Crippen molar-refractivity contribution in [3.05, 3.63) is 76.6 Å². The summed E-state index contributed by atoms with van der Waals surface area (Å²) in [5.41, 5.74) is 2.29. The molecule has 1 fully saturated rings. The van der Waals surface area contributed by atoms with Gasteiger partial charge in [-0.1, -0.05) is 43.7 Å². The van der Waals surface area contributed by atoms with E-state index in [0.29, 0.717) is 6.42 Å². The van der Waals surface area contributed by atoms with Crippen LogP contribution in [-0.4, -0.2) is 10.8 Å². The quantitative estimate of drug-likeness (QED) is 0.810. The Hall–Kier alpha value is -2.31. The van der Waals surface area contributed by atoms with Crippen LogP contribution in [0.25, 0.3) is 4.85 Å². The molecule has 0 aliphatic carbocycles. The molecular formula is C22H26N2O. The second-order valence-electron chi connectivity index (χ2n) is 7.35. The molecule has 0 saturated carbocycles. The SMILES string of the molecule is [C-]#[N+]C1(c2ccc(CC)cc2)CC(C)C(C)(O)N1c1ccc(C)cc1. The molecule has 3 rings (SSSR count). The summed E-state index contributed by atoms with van der Waals surface area (Å²) in [6.07, 6.45) is 1.57. The van der Waals surface area contributed by atoms with Crippen LogP contribution in [0, 0.1) is 19.4 Å². The number of rotatable bonds is 3. The van der Waals surface area contributed by atoms with E-state index >= 15 is 0 Å². The van der Waals surface area contributed by atoms with Crippen LogP contribution >= 0.6 is 0 Å². The first kappa shape index (κ1) is 17.5. The normalized spacial score (nSPS) is 28.8. The topological polar surface area (TPSA) is 27.8 Å². The van der Waals surface area contributed by atoms with Crippen molar-refractivity contribution in [2.45, 2.75) is 51.9 Å². The number of benzene rings is 2. The molecule has 2 aromatic carbocycles. The van der Waals surface area contributed by atoms with E-state index in [-0.39, 0.29) is 5.92 Å². The lowest BCUT2D eigenvalue weighted by molar-refractivity contribution is 0.0284. The first-order valence-corrected chi connectivity index (χ1v) is 8.92. The molecule has 1 aliphatic rings. The van der Waals surface area contributed by atoms with E-state index in [1.54, 1.807) is 0 Å². The van der Waals surface area contributed by atoms with E-state index in [0.717, 1.165) is 23.2 Å². The smallest absolute Gasteiger partial charge is 0.336 e. The van der Waals surface area contributed by atoms with Gasteiger partial charge in [-0.15, -0.1) is 0 Å². The summed E-state index contributed by atoms with van der Waals surface area (Å²) in [7, 11) is 0.